The maximum atomic E-state index is 11.8. The van der Waals surface area contributed by atoms with Crippen molar-refractivity contribution in [3.63, 3.8) is 0 Å². The van der Waals surface area contributed by atoms with Crippen molar-refractivity contribution < 1.29 is 9.90 Å². The van der Waals surface area contributed by atoms with Crippen molar-refractivity contribution in [1.29, 1.82) is 0 Å². The Morgan fingerprint density at radius 3 is 2.84 bits per heavy atom. The predicted molar refractivity (Wildman–Crippen MR) is 75.5 cm³/mol. The fourth-order valence-electron chi connectivity index (χ4n) is 2.38. The lowest BCUT2D eigenvalue weighted by atomic mass is 10.1. The average Bonchev–Trinajstić information content (AvgIpc) is 2.77. The van der Waals surface area contributed by atoms with Crippen LogP contribution < -0.4 is 5.32 Å². The van der Waals surface area contributed by atoms with Gasteiger partial charge in [-0.15, -0.1) is 0 Å². The Morgan fingerprint density at radius 2 is 2.21 bits per heavy atom. The van der Waals surface area contributed by atoms with Gasteiger partial charge < -0.3 is 10.4 Å². The van der Waals surface area contributed by atoms with Gasteiger partial charge in [-0.3, -0.25) is 9.69 Å². The Hall–Kier alpha value is -1.65. The average molecular weight is 260 g/mol. The number of amides is 1. The minimum atomic E-state index is -0.0826. The number of rotatable bonds is 4. The van der Waals surface area contributed by atoms with Gasteiger partial charge in [0.1, 0.15) is 0 Å². The molecule has 0 radical (unpaired) electrons. The number of aliphatic hydroxyl groups is 1. The van der Waals surface area contributed by atoms with Crippen molar-refractivity contribution in [3.8, 4) is 0 Å². The van der Waals surface area contributed by atoms with Gasteiger partial charge in [-0.1, -0.05) is 30.3 Å². The molecule has 102 valence electrons. The van der Waals surface area contributed by atoms with E-state index in [1.165, 1.54) is 0 Å². The molecular formula is C15H20N2O2. The summed E-state index contributed by atoms with van der Waals surface area (Å²) >= 11 is 0. The minimum Gasteiger partial charge on any atom is -0.395 e. The van der Waals surface area contributed by atoms with Gasteiger partial charge in [0.2, 0.25) is 5.91 Å². The molecule has 0 spiro atoms. The molecule has 0 saturated carbocycles. The van der Waals surface area contributed by atoms with E-state index in [-0.39, 0.29) is 24.6 Å². The first-order valence-electron chi connectivity index (χ1n) is 6.54. The number of nitrogens with zero attached hydrogens (tertiary/aromatic N) is 1. The normalized spacial score (nSPS) is 23.9. The van der Waals surface area contributed by atoms with Crippen LogP contribution in [0.1, 0.15) is 12.0 Å². The van der Waals surface area contributed by atoms with Gasteiger partial charge in [0.25, 0.3) is 0 Å². The molecule has 1 aromatic rings. The van der Waals surface area contributed by atoms with E-state index in [1.807, 2.05) is 37.4 Å². The summed E-state index contributed by atoms with van der Waals surface area (Å²) in [6.07, 6.45) is 4.16. The lowest BCUT2D eigenvalue weighted by Gasteiger charge is -2.14. The molecule has 1 aromatic carbocycles. The van der Waals surface area contributed by atoms with E-state index in [4.69, 9.17) is 0 Å². The van der Waals surface area contributed by atoms with Crippen molar-refractivity contribution in [1.82, 2.24) is 10.2 Å². The van der Waals surface area contributed by atoms with Crippen molar-refractivity contribution in [2.45, 2.75) is 18.5 Å². The van der Waals surface area contributed by atoms with Gasteiger partial charge in [-0.2, -0.15) is 0 Å². The molecule has 0 bridgehead atoms. The van der Waals surface area contributed by atoms with Crippen LogP contribution in [-0.2, 0) is 4.79 Å². The van der Waals surface area contributed by atoms with Crippen molar-refractivity contribution in [2.24, 2.45) is 0 Å². The summed E-state index contributed by atoms with van der Waals surface area (Å²) in [5.74, 6) is -0.0826. The predicted octanol–water partition coefficient (Wildman–Crippen LogP) is 0.881. The zero-order valence-corrected chi connectivity index (χ0v) is 11.1. The number of likely N-dealkylation sites (tertiary alicyclic amines) is 1. The second kappa shape index (κ2) is 6.50. The number of hydrogen-bond donors (Lipinski definition) is 2. The summed E-state index contributed by atoms with van der Waals surface area (Å²) in [5, 5.41) is 12.1. The molecule has 2 atom stereocenters. The highest BCUT2D eigenvalue weighted by atomic mass is 16.3. The van der Waals surface area contributed by atoms with Crippen LogP contribution in [0.2, 0.25) is 0 Å². The quantitative estimate of drug-likeness (QED) is 0.790. The summed E-state index contributed by atoms with van der Waals surface area (Å²) in [4.78, 5) is 13.9. The molecule has 0 unspecified atom stereocenters. The van der Waals surface area contributed by atoms with Crippen LogP contribution in [0.4, 0.5) is 0 Å². The molecule has 2 N–H and O–H groups in total. The Kier molecular flexibility index (Phi) is 4.71. The molecule has 4 nitrogen and oxygen atoms in total. The summed E-state index contributed by atoms with van der Waals surface area (Å²) in [5.41, 5.74) is 1.01. The van der Waals surface area contributed by atoms with Gasteiger partial charge in [0, 0.05) is 24.7 Å². The molecule has 2 rings (SSSR count). The Bertz CT molecular complexity index is 445. The lowest BCUT2D eigenvalue weighted by Crippen LogP contribution is -2.35. The Labute approximate surface area is 113 Å². The monoisotopic (exact) mass is 260 g/mol. The highest BCUT2D eigenvalue weighted by Crippen LogP contribution is 2.15. The maximum Gasteiger partial charge on any atom is 0.244 e. The molecule has 1 aliphatic rings. The van der Waals surface area contributed by atoms with Crippen molar-refractivity contribution in [2.75, 3.05) is 20.2 Å². The SMILES string of the molecule is CN1C[C@H](NC(=O)C=Cc2ccccc2)C[C@H]1CO. The van der Waals surface area contributed by atoms with Crippen LogP contribution in [-0.4, -0.2) is 48.2 Å². The molecule has 0 aliphatic carbocycles. The van der Waals surface area contributed by atoms with Gasteiger partial charge in [-0.05, 0) is 25.1 Å². The summed E-state index contributed by atoms with van der Waals surface area (Å²) in [6, 6.07) is 10.0. The minimum absolute atomic E-state index is 0.0826. The second-order valence-electron chi connectivity index (χ2n) is 4.96. The molecule has 1 fully saturated rings. The number of hydrogen-bond acceptors (Lipinski definition) is 3. The first-order valence-corrected chi connectivity index (χ1v) is 6.54. The van der Waals surface area contributed by atoms with Crippen LogP contribution in [0.5, 0.6) is 0 Å². The van der Waals surface area contributed by atoms with E-state index < -0.39 is 0 Å². The van der Waals surface area contributed by atoms with Gasteiger partial charge in [0.05, 0.1) is 6.61 Å². The standard InChI is InChI=1S/C15H20N2O2/c1-17-10-13(9-14(17)11-18)16-15(19)8-7-12-5-3-2-4-6-12/h2-8,13-14,18H,9-11H2,1H3,(H,16,19)/t13-,14+/m1/s1. The third kappa shape index (κ3) is 3.91. The highest BCUT2D eigenvalue weighted by Gasteiger charge is 2.29. The Morgan fingerprint density at radius 1 is 1.47 bits per heavy atom. The zero-order chi connectivity index (χ0) is 13.7. The van der Waals surface area contributed by atoms with Crippen LogP contribution in [0.15, 0.2) is 36.4 Å². The lowest BCUT2D eigenvalue weighted by molar-refractivity contribution is -0.117. The highest BCUT2D eigenvalue weighted by molar-refractivity contribution is 5.91. The van der Waals surface area contributed by atoms with E-state index in [2.05, 4.69) is 10.2 Å². The van der Waals surface area contributed by atoms with E-state index >= 15 is 0 Å². The maximum absolute atomic E-state index is 11.8. The van der Waals surface area contributed by atoms with E-state index in [1.54, 1.807) is 12.2 Å². The van der Waals surface area contributed by atoms with Crippen LogP contribution in [0, 0.1) is 0 Å². The molecule has 0 aromatic heterocycles. The smallest absolute Gasteiger partial charge is 0.244 e. The molecule has 1 saturated heterocycles. The van der Waals surface area contributed by atoms with Crippen LogP contribution in [0.25, 0.3) is 6.08 Å². The fraction of sp³-hybridized carbons (Fsp3) is 0.400. The molecule has 1 aliphatic heterocycles. The van der Waals surface area contributed by atoms with Gasteiger partial charge in [-0.25, -0.2) is 0 Å². The summed E-state index contributed by atoms with van der Waals surface area (Å²) < 4.78 is 0. The second-order valence-corrected chi connectivity index (χ2v) is 4.96. The third-order valence-electron chi connectivity index (χ3n) is 3.47. The van der Waals surface area contributed by atoms with E-state index in [9.17, 15) is 9.90 Å². The van der Waals surface area contributed by atoms with E-state index in [0.29, 0.717) is 0 Å². The summed E-state index contributed by atoms with van der Waals surface area (Å²) in [6.45, 7) is 0.929. The van der Waals surface area contributed by atoms with Crippen LogP contribution in [0.3, 0.4) is 0 Å². The molecular weight excluding hydrogens is 240 g/mol. The number of carbonyl (C=O) groups excluding carboxylic acids is 1. The summed E-state index contributed by atoms with van der Waals surface area (Å²) in [7, 11) is 1.97. The number of carbonyl (C=O) groups is 1. The zero-order valence-electron chi connectivity index (χ0n) is 11.1. The Balaban J connectivity index is 1.84. The number of aliphatic hydroxyl groups excluding tert-OH is 1. The van der Waals surface area contributed by atoms with E-state index in [0.717, 1.165) is 18.5 Å². The number of nitrogens with one attached hydrogen (secondary N) is 1. The molecule has 4 heteroatoms. The van der Waals surface area contributed by atoms with Gasteiger partial charge >= 0.3 is 0 Å². The third-order valence-corrected chi connectivity index (χ3v) is 3.47. The first kappa shape index (κ1) is 13.8. The largest absolute Gasteiger partial charge is 0.395 e. The first-order chi connectivity index (χ1) is 9.19. The van der Waals surface area contributed by atoms with Crippen molar-refractivity contribution >= 4 is 12.0 Å². The number of benzene rings is 1. The molecule has 1 heterocycles. The fourth-order valence-corrected chi connectivity index (χ4v) is 2.38. The number of likely N-dealkylation sites (N-methyl/N-ethyl adjacent to an activating group) is 1. The van der Waals surface area contributed by atoms with Gasteiger partial charge in [0.15, 0.2) is 0 Å². The van der Waals surface area contributed by atoms with Crippen molar-refractivity contribution in [3.05, 3.63) is 42.0 Å². The molecule has 1 amide bonds. The van der Waals surface area contributed by atoms with Crippen LogP contribution >= 0.6 is 0 Å². The topological polar surface area (TPSA) is 52.6 Å². The molecule has 19 heavy (non-hydrogen) atoms.